The molecular weight excluding hydrogens is 407 g/mol. The van der Waals surface area contributed by atoms with Gasteiger partial charge in [-0.15, -0.1) is 0 Å². The van der Waals surface area contributed by atoms with E-state index in [2.05, 4.69) is 30.8 Å². The summed E-state index contributed by atoms with van der Waals surface area (Å²) in [6.45, 7) is 0. The Labute approximate surface area is 183 Å². The number of nitrogens with zero attached hydrogens (tertiary/aromatic N) is 3. The predicted molar refractivity (Wildman–Crippen MR) is 123 cm³/mol. The molecule has 2 aromatic heterocycles. The summed E-state index contributed by atoms with van der Waals surface area (Å²) in [4.78, 5) is 8.92. The van der Waals surface area contributed by atoms with Gasteiger partial charge in [-0.05, 0) is 30.3 Å². The third-order valence-corrected chi connectivity index (χ3v) is 4.86. The van der Waals surface area contributed by atoms with Gasteiger partial charge in [-0.25, -0.2) is 9.37 Å². The molecule has 3 aromatic carbocycles. The van der Waals surface area contributed by atoms with E-state index in [4.69, 9.17) is 4.74 Å². The minimum absolute atomic E-state index is 0.127. The van der Waals surface area contributed by atoms with E-state index in [1.165, 1.54) is 6.07 Å². The van der Waals surface area contributed by atoms with E-state index in [1.807, 2.05) is 42.5 Å². The average molecular weight is 426 g/mol. The zero-order valence-corrected chi connectivity index (χ0v) is 17.1. The smallest absolute Gasteiger partial charge is 0.224 e. The van der Waals surface area contributed by atoms with Crippen LogP contribution < -0.4 is 15.4 Å². The fourth-order valence-electron chi connectivity index (χ4n) is 3.30. The molecule has 0 saturated carbocycles. The lowest BCUT2D eigenvalue weighted by Crippen LogP contribution is -2.02. The molecule has 0 amide bonds. The van der Waals surface area contributed by atoms with Crippen molar-refractivity contribution in [1.82, 2.24) is 20.2 Å². The Morgan fingerprint density at radius 3 is 2.62 bits per heavy atom. The minimum atomic E-state index is -0.492. The topological polar surface area (TPSA) is 87.8 Å². The maximum atomic E-state index is 14.8. The zero-order chi connectivity index (χ0) is 21.9. The summed E-state index contributed by atoms with van der Waals surface area (Å²) < 4.78 is 20.5. The van der Waals surface area contributed by atoms with E-state index in [0.29, 0.717) is 23.2 Å². The lowest BCUT2D eigenvalue weighted by atomic mass is 10.1. The van der Waals surface area contributed by atoms with E-state index < -0.39 is 5.82 Å². The highest BCUT2D eigenvalue weighted by Crippen LogP contribution is 2.30. The molecule has 2 heterocycles. The second-order valence-corrected chi connectivity index (χ2v) is 7.07. The summed E-state index contributed by atoms with van der Waals surface area (Å²) in [5.41, 5.74) is 3.14. The lowest BCUT2D eigenvalue weighted by Gasteiger charge is -2.12. The first-order valence-corrected chi connectivity index (χ1v) is 9.98. The summed E-state index contributed by atoms with van der Waals surface area (Å²) >= 11 is 0. The van der Waals surface area contributed by atoms with Crippen molar-refractivity contribution in [2.75, 3.05) is 17.7 Å². The van der Waals surface area contributed by atoms with Crippen molar-refractivity contribution in [2.24, 2.45) is 0 Å². The van der Waals surface area contributed by atoms with Crippen molar-refractivity contribution in [1.29, 1.82) is 0 Å². The van der Waals surface area contributed by atoms with Crippen molar-refractivity contribution in [3.05, 3.63) is 84.8 Å². The fraction of sp³-hybridized carbons (Fsp3) is 0.0417. The molecule has 3 N–H and O–H groups in total. The third-order valence-electron chi connectivity index (χ3n) is 4.86. The maximum absolute atomic E-state index is 14.8. The summed E-state index contributed by atoms with van der Waals surface area (Å²) in [6, 6.07) is 21.7. The number of halogens is 1. The van der Waals surface area contributed by atoms with Gasteiger partial charge >= 0.3 is 0 Å². The Morgan fingerprint density at radius 1 is 0.938 bits per heavy atom. The molecule has 0 radical (unpaired) electrons. The summed E-state index contributed by atoms with van der Waals surface area (Å²) in [6.07, 6.45) is 1.69. The van der Waals surface area contributed by atoms with Crippen molar-refractivity contribution in [3.63, 3.8) is 0 Å². The number of nitrogens with one attached hydrogen (secondary N) is 3. The molecule has 7 nitrogen and oxygen atoms in total. The van der Waals surface area contributed by atoms with Crippen molar-refractivity contribution >= 4 is 28.4 Å². The standard InChI is InChI=1S/C24H19FN6O/c1-26-24-29-21(15-5-3-2-4-6-15)13-23(30-24)28-17-7-10-22(19(25)12-17)32-18-8-9-20-16(11-18)14-27-31-20/h2-14H,1H3,(H,27,31)(H2,26,28,29,30). The van der Waals surface area contributed by atoms with E-state index >= 15 is 0 Å². The highest BCUT2D eigenvalue weighted by Gasteiger charge is 2.10. The largest absolute Gasteiger partial charge is 0.454 e. The van der Waals surface area contributed by atoms with Crippen molar-refractivity contribution in [2.45, 2.75) is 0 Å². The Balaban J connectivity index is 1.38. The number of benzene rings is 3. The molecule has 0 bridgehead atoms. The van der Waals surface area contributed by atoms with Crippen LogP contribution in [-0.2, 0) is 0 Å². The molecule has 0 fully saturated rings. The van der Waals surface area contributed by atoms with E-state index in [9.17, 15) is 4.39 Å². The first-order valence-electron chi connectivity index (χ1n) is 9.98. The monoisotopic (exact) mass is 426 g/mol. The molecule has 8 heteroatoms. The summed E-state index contributed by atoms with van der Waals surface area (Å²) in [7, 11) is 1.75. The molecule has 0 saturated heterocycles. The number of anilines is 3. The molecule has 0 atom stereocenters. The molecule has 32 heavy (non-hydrogen) atoms. The Kier molecular flexibility index (Phi) is 5.09. The van der Waals surface area contributed by atoms with Crippen LogP contribution in [0.3, 0.4) is 0 Å². The maximum Gasteiger partial charge on any atom is 0.224 e. The Hall–Kier alpha value is -4.46. The first kappa shape index (κ1) is 19.5. The SMILES string of the molecule is CNc1nc(Nc2ccc(Oc3ccc4[nH]ncc4c3)c(F)c2)cc(-c2ccccc2)n1. The van der Waals surface area contributed by atoms with Crippen LogP contribution in [0.5, 0.6) is 11.5 Å². The summed E-state index contributed by atoms with van der Waals surface area (Å²) in [5.74, 6) is 1.17. The highest BCUT2D eigenvalue weighted by molar-refractivity contribution is 5.79. The van der Waals surface area contributed by atoms with Gasteiger partial charge in [0.1, 0.15) is 11.6 Å². The summed E-state index contributed by atoms with van der Waals surface area (Å²) in [5, 5.41) is 13.8. The molecule has 5 rings (SSSR count). The van der Waals surface area contributed by atoms with Gasteiger partial charge in [-0.3, -0.25) is 5.10 Å². The number of hydrogen-bond acceptors (Lipinski definition) is 6. The van der Waals surface area contributed by atoms with Gasteiger partial charge in [0, 0.05) is 35.8 Å². The molecule has 158 valence electrons. The van der Waals surface area contributed by atoms with Crippen LogP contribution in [0.25, 0.3) is 22.2 Å². The molecule has 0 aliphatic heterocycles. The Bertz CT molecular complexity index is 1390. The molecule has 0 spiro atoms. The van der Waals surface area contributed by atoms with Crippen LogP contribution in [-0.4, -0.2) is 27.2 Å². The first-order chi connectivity index (χ1) is 15.7. The normalized spacial score (nSPS) is 10.8. The number of rotatable bonds is 6. The van der Waals surface area contributed by atoms with Gasteiger partial charge in [0.05, 0.1) is 17.4 Å². The van der Waals surface area contributed by atoms with Crippen LogP contribution in [0, 0.1) is 5.82 Å². The van der Waals surface area contributed by atoms with Gasteiger partial charge in [-0.1, -0.05) is 30.3 Å². The molecular formula is C24H19FN6O. The van der Waals surface area contributed by atoms with Crippen molar-refractivity contribution in [3.8, 4) is 22.8 Å². The van der Waals surface area contributed by atoms with Crippen LogP contribution >= 0.6 is 0 Å². The zero-order valence-electron chi connectivity index (χ0n) is 17.1. The van der Waals surface area contributed by atoms with Gasteiger partial charge in [0.15, 0.2) is 11.6 Å². The van der Waals surface area contributed by atoms with Gasteiger partial charge in [0.25, 0.3) is 0 Å². The molecule has 0 aliphatic rings. The van der Waals surface area contributed by atoms with Crippen LogP contribution in [0.4, 0.5) is 21.8 Å². The molecule has 0 aliphatic carbocycles. The van der Waals surface area contributed by atoms with Crippen LogP contribution in [0.2, 0.25) is 0 Å². The number of ether oxygens (including phenoxy) is 1. The van der Waals surface area contributed by atoms with E-state index in [0.717, 1.165) is 22.2 Å². The minimum Gasteiger partial charge on any atom is -0.454 e. The third kappa shape index (κ3) is 4.06. The number of aromatic amines is 1. The van der Waals surface area contributed by atoms with Crippen LogP contribution in [0.1, 0.15) is 0 Å². The van der Waals surface area contributed by atoms with Gasteiger partial charge < -0.3 is 15.4 Å². The fourth-order valence-corrected chi connectivity index (χ4v) is 3.30. The van der Waals surface area contributed by atoms with Crippen LogP contribution in [0.15, 0.2) is 79.0 Å². The number of fused-ring (bicyclic) bond motifs is 1. The van der Waals surface area contributed by atoms with E-state index in [-0.39, 0.29) is 5.75 Å². The second-order valence-electron chi connectivity index (χ2n) is 7.07. The average Bonchev–Trinajstić information content (AvgIpc) is 3.29. The second kappa shape index (κ2) is 8.35. The Morgan fingerprint density at radius 2 is 1.81 bits per heavy atom. The quantitative estimate of drug-likeness (QED) is 0.321. The predicted octanol–water partition coefficient (Wildman–Crippen LogP) is 5.74. The van der Waals surface area contributed by atoms with Gasteiger partial charge in [0.2, 0.25) is 5.95 Å². The van der Waals surface area contributed by atoms with Gasteiger partial charge in [-0.2, -0.15) is 10.1 Å². The molecule has 5 aromatic rings. The van der Waals surface area contributed by atoms with Crippen molar-refractivity contribution < 1.29 is 9.13 Å². The number of hydrogen-bond donors (Lipinski definition) is 3. The molecule has 0 unspecified atom stereocenters. The number of aromatic nitrogens is 4. The lowest BCUT2D eigenvalue weighted by molar-refractivity contribution is 0.443. The van der Waals surface area contributed by atoms with E-state index in [1.54, 1.807) is 37.5 Å². The highest BCUT2D eigenvalue weighted by atomic mass is 19.1. The number of H-pyrrole nitrogens is 1.